The molecule has 5 heteroatoms. The Morgan fingerprint density at radius 3 is 2.62 bits per heavy atom. The maximum atomic E-state index is 7.95. The zero-order valence-corrected chi connectivity index (χ0v) is 19.4. The number of aryl methyl sites for hydroxylation is 1. The molecule has 5 rings (SSSR count). The van der Waals surface area contributed by atoms with Crippen LogP contribution in [-0.4, -0.2) is 29.6 Å². The van der Waals surface area contributed by atoms with Crippen molar-refractivity contribution in [2.75, 3.05) is 25.0 Å². The van der Waals surface area contributed by atoms with E-state index in [2.05, 4.69) is 63.6 Å². The van der Waals surface area contributed by atoms with Crippen LogP contribution in [0.1, 0.15) is 68.2 Å². The fourth-order valence-corrected chi connectivity index (χ4v) is 5.11. The van der Waals surface area contributed by atoms with Gasteiger partial charge < -0.3 is 15.6 Å². The zero-order chi connectivity index (χ0) is 22.2. The molecule has 32 heavy (non-hydrogen) atoms. The summed E-state index contributed by atoms with van der Waals surface area (Å²) in [5.74, 6) is 2.42. The van der Waals surface area contributed by atoms with Gasteiger partial charge in [0.15, 0.2) is 0 Å². The Balaban J connectivity index is 1.63. The van der Waals surface area contributed by atoms with Gasteiger partial charge in [0.25, 0.3) is 0 Å². The number of pyridine rings is 1. The van der Waals surface area contributed by atoms with Gasteiger partial charge in [-0.15, -0.1) is 0 Å². The Hall–Kier alpha value is -2.84. The molecule has 3 heterocycles. The molecule has 0 unspecified atom stereocenters. The van der Waals surface area contributed by atoms with Gasteiger partial charge in [-0.3, -0.25) is 0 Å². The van der Waals surface area contributed by atoms with Crippen LogP contribution in [0.2, 0.25) is 0 Å². The summed E-state index contributed by atoms with van der Waals surface area (Å²) in [6.45, 7) is 17.6. The molecule has 2 fully saturated rings. The van der Waals surface area contributed by atoms with Gasteiger partial charge in [0, 0.05) is 34.4 Å². The number of benzene rings is 1. The molecule has 0 amide bonds. The number of hydrogen-bond acceptors (Lipinski definition) is 3. The molecule has 1 aromatic carbocycles. The molecule has 2 aliphatic rings. The summed E-state index contributed by atoms with van der Waals surface area (Å²) in [4.78, 5) is 12.3. The lowest BCUT2D eigenvalue weighted by Gasteiger charge is -2.23. The molecule has 0 atom stereocenters. The monoisotopic (exact) mass is 427 g/mol. The van der Waals surface area contributed by atoms with Gasteiger partial charge in [0.1, 0.15) is 5.82 Å². The van der Waals surface area contributed by atoms with Crippen molar-refractivity contribution < 1.29 is 0 Å². The molecule has 166 valence electrons. The van der Waals surface area contributed by atoms with E-state index in [-0.39, 0.29) is 0 Å². The van der Waals surface area contributed by atoms with Gasteiger partial charge in [0.05, 0.1) is 6.57 Å². The van der Waals surface area contributed by atoms with Crippen molar-refractivity contribution in [2.45, 2.75) is 58.3 Å². The van der Waals surface area contributed by atoms with E-state index >= 15 is 0 Å². The molecule has 5 nitrogen and oxygen atoms in total. The van der Waals surface area contributed by atoms with Crippen LogP contribution in [0.5, 0.6) is 0 Å². The molecule has 2 aromatic heterocycles. The normalized spacial score (nSPS) is 17.1. The molecule has 3 N–H and O–H groups in total. The van der Waals surface area contributed by atoms with Crippen molar-refractivity contribution in [3.05, 3.63) is 52.5 Å². The average Bonchev–Trinajstić information content (AvgIpc) is 3.55. The molecule has 1 aliphatic carbocycles. The Morgan fingerprint density at radius 2 is 1.94 bits per heavy atom. The van der Waals surface area contributed by atoms with Crippen LogP contribution in [0, 0.1) is 19.4 Å². The minimum atomic E-state index is 0.344. The van der Waals surface area contributed by atoms with Crippen LogP contribution in [0.15, 0.2) is 24.3 Å². The summed E-state index contributed by atoms with van der Waals surface area (Å²) < 4.78 is 0. The number of nitrogens with one attached hydrogen (secondary N) is 3. The minimum absolute atomic E-state index is 0.344. The van der Waals surface area contributed by atoms with Crippen LogP contribution in [0.3, 0.4) is 0 Å². The summed E-state index contributed by atoms with van der Waals surface area (Å²) in [6.07, 6.45) is 4.94. The summed E-state index contributed by atoms with van der Waals surface area (Å²) in [6, 6.07) is 9.00. The zero-order valence-electron chi connectivity index (χ0n) is 19.4. The number of anilines is 1. The number of aromatic nitrogens is 2. The minimum Gasteiger partial charge on any atom is -0.378 e. The molecule has 0 bridgehead atoms. The Morgan fingerprint density at radius 1 is 1.16 bits per heavy atom. The van der Waals surface area contributed by atoms with E-state index in [0.717, 1.165) is 53.8 Å². The lowest BCUT2D eigenvalue weighted by molar-refractivity contribution is 0.460. The average molecular weight is 428 g/mol. The van der Waals surface area contributed by atoms with Crippen molar-refractivity contribution in [3.8, 4) is 11.3 Å². The molecule has 1 saturated heterocycles. The van der Waals surface area contributed by atoms with Crippen LogP contribution in [0.25, 0.3) is 27.0 Å². The number of H-pyrrole nitrogens is 1. The Labute approximate surface area is 190 Å². The number of piperidine rings is 1. The summed E-state index contributed by atoms with van der Waals surface area (Å²) >= 11 is 0. The fourth-order valence-electron chi connectivity index (χ4n) is 5.11. The lowest BCUT2D eigenvalue weighted by Crippen LogP contribution is -2.26. The van der Waals surface area contributed by atoms with Gasteiger partial charge in [-0.25, -0.2) is 9.83 Å². The van der Waals surface area contributed by atoms with Gasteiger partial charge in [-0.1, -0.05) is 19.9 Å². The van der Waals surface area contributed by atoms with E-state index in [1.807, 2.05) is 6.92 Å². The van der Waals surface area contributed by atoms with E-state index in [0.29, 0.717) is 17.5 Å². The third-order valence-electron chi connectivity index (χ3n) is 7.01. The molecular formula is C27H33N5. The molecule has 1 saturated carbocycles. The Bertz CT molecular complexity index is 1170. The number of nitrogens with zero attached hydrogens (tertiary/aromatic N) is 2. The molecular weight excluding hydrogens is 394 g/mol. The summed E-state index contributed by atoms with van der Waals surface area (Å²) in [5.41, 5.74) is 7.50. The second kappa shape index (κ2) is 8.60. The van der Waals surface area contributed by atoms with Crippen molar-refractivity contribution in [1.29, 1.82) is 0 Å². The number of fused-ring (bicyclic) bond motifs is 1. The fraction of sp³-hybridized carbons (Fsp3) is 0.481. The molecule has 0 spiro atoms. The third-order valence-corrected chi connectivity index (χ3v) is 7.01. The Kier molecular flexibility index (Phi) is 5.65. The van der Waals surface area contributed by atoms with Gasteiger partial charge in [-0.2, -0.15) is 0 Å². The van der Waals surface area contributed by atoms with Crippen molar-refractivity contribution in [1.82, 2.24) is 15.3 Å². The van der Waals surface area contributed by atoms with Crippen LogP contribution in [0.4, 0.5) is 11.5 Å². The SMILES string of the molecule is [C-]#[N+]c1c(-c2[nH]c3ccc(C4CCNCC4)cc3c2C(C)C)cc(C)nc1NCC1CC1. The van der Waals surface area contributed by atoms with Crippen molar-refractivity contribution in [3.63, 3.8) is 0 Å². The topological polar surface area (TPSA) is 57.1 Å². The first-order valence-corrected chi connectivity index (χ1v) is 12.0. The second-order valence-corrected chi connectivity index (χ2v) is 9.84. The lowest BCUT2D eigenvalue weighted by atomic mass is 9.88. The maximum absolute atomic E-state index is 7.95. The number of hydrogen-bond donors (Lipinski definition) is 3. The first-order chi connectivity index (χ1) is 15.5. The standard InChI is InChI=1S/C27H33N5/c1-16(2)24-21-14-20(19-9-11-29-12-10-19)7-8-23(21)32-25(24)22-13-17(3)31-27(26(22)28-4)30-15-18-5-6-18/h7-8,13-14,16,18-19,29,32H,5-6,9-12,15H2,1-3H3,(H,30,31). The maximum Gasteiger partial charge on any atom is 0.237 e. The largest absolute Gasteiger partial charge is 0.378 e. The van der Waals surface area contributed by atoms with E-state index in [4.69, 9.17) is 6.57 Å². The number of aromatic amines is 1. The first kappa shape index (κ1) is 21.0. The highest BCUT2D eigenvalue weighted by Crippen LogP contribution is 2.43. The van der Waals surface area contributed by atoms with E-state index in [1.54, 1.807) is 0 Å². The highest BCUT2D eigenvalue weighted by atomic mass is 15.0. The second-order valence-electron chi connectivity index (χ2n) is 9.84. The molecule has 1 aliphatic heterocycles. The first-order valence-electron chi connectivity index (χ1n) is 12.0. The van der Waals surface area contributed by atoms with Crippen LogP contribution < -0.4 is 10.6 Å². The van der Waals surface area contributed by atoms with Gasteiger partial charge in [-0.05, 0) is 92.8 Å². The smallest absolute Gasteiger partial charge is 0.237 e. The van der Waals surface area contributed by atoms with E-state index in [1.165, 1.54) is 42.2 Å². The molecule has 3 aromatic rings. The van der Waals surface area contributed by atoms with Gasteiger partial charge >= 0.3 is 0 Å². The quantitative estimate of drug-likeness (QED) is 0.394. The predicted octanol–water partition coefficient (Wildman–Crippen LogP) is 6.50. The number of rotatable bonds is 6. The summed E-state index contributed by atoms with van der Waals surface area (Å²) in [5, 5.41) is 8.24. The molecule has 0 radical (unpaired) electrons. The van der Waals surface area contributed by atoms with Crippen LogP contribution >= 0.6 is 0 Å². The van der Waals surface area contributed by atoms with E-state index < -0.39 is 0 Å². The predicted molar refractivity (Wildman–Crippen MR) is 133 cm³/mol. The highest BCUT2D eigenvalue weighted by molar-refractivity contribution is 5.96. The van der Waals surface area contributed by atoms with Crippen molar-refractivity contribution in [2.24, 2.45) is 5.92 Å². The van der Waals surface area contributed by atoms with Gasteiger partial charge in [0.2, 0.25) is 5.69 Å². The van der Waals surface area contributed by atoms with Crippen molar-refractivity contribution >= 4 is 22.4 Å². The summed E-state index contributed by atoms with van der Waals surface area (Å²) in [7, 11) is 0. The third kappa shape index (κ3) is 4.00. The van der Waals surface area contributed by atoms with E-state index in [9.17, 15) is 0 Å². The highest BCUT2D eigenvalue weighted by Gasteiger charge is 2.25. The van der Waals surface area contributed by atoms with Crippen LogP contribution in [-0.2, 0) is 0 Å².